The normalized spacial score (nSPS) is 15.1. The van der Waals surface area contributed by atoms with Crippen molar-refractivity contribution >= 4 is 34.0 Å². The van der Waals surface area contributed by atoms with Crippen LogP contribution < -0.4 is 10.6 Å². The molecule has 1 amide bonds. The van der Waals surface area contributed by atoms with Crippen molar-refractivity contribution < 1.29 is 4.79 Å². The van der Waals surface area contributed by atoms with Gasteiger partial charge in [0.1, 0.15) is 0 Å². The summed E-state index contributed by atoms with van der Waals surface area (Å²) in [5.41, 5.74) is 1.33. The van der Waals surface area contributed by atoms with Crippen LogP contribution in [0.15, 0.2) is 42.9 Å². The van der Waals surface area contributed by atoms with Gasteiger partial charge in [-0.15, -0.1) is 11.3 Å². The number of carbonyl (C=O) groups excluding carboxylic acids is 1. The quantitative estimate of drug-likeness (QED) is 0.716. The molecule has 1 aliphatic rings. The number of amides is 1. The minimum Gasteiger partial charge on any atom is -0.317 e. The minimum atomic E-state index is -0.212. The molecule has 0 radical (unpaired) electrons. The highest BCUT2D eigenvalue weighted by Gasteiger charge is 2.19. The lowest BCUT2D eigenvalue weighted by Gasteiger charge is -2.20. The van der Waals surface area contributed by atoms with Crippen molar-refractivity contribution in [3.63, 3.8) is 0 Å². The fourth-order valence-electron chi connectivity index (χ4n) is 2.98. The van der Waals surface area contributed by atoms with Gasteiger partial charge in [-0.2, -0.15) is 5.10 Å². The number of benzene rings is 1. The standard InChI is InChI=1S/C18H18ClN5OS/c19-14-1-3-15(4-2-14)24-11-13(9-22-24)17(25)23-18-21-10-16(26-18)12-5-7-20-8-6-12/h1-4,9-12,20H,5-8H2,(H,21,23,25). The summed E-state index contributed by atoms with van der Waals surface area (Å²) in [5.74, 6) is 0.323. The molecule has 0 bridgehead atoms. The molecular formula is C18H18ClN5OS. The summed E-state index contributed by atoms with van der Waals surface area (Å²) in [7, 11) is 0. The van der Waals surface area contributed by atoms with Crippen LogP contribution in [0.5, 0.6) is 0 Å². The van der Waals surface area contributed by atoms with Gasteiger partial charge >= 0.3 is 0 Å². The Bertz CT molecular complexity index is 898. The number of piperidine rings is 1. The predicted molar refractivity (Wildman–Crippen MR) is 103 cm³/mol. The molecule has 1 fully saturated rings. The Kier molecular flexibility index (Phi) is 5.01. The highest BCUT2D eigenvalue weighted by Crippen LogP contribution is 2.31. The first kappa shape index (κ1) is 17.2. The zero-order valence-corrected chi connectivity index (χ0v) is 15.6. The third-order valence-electron chi connectivity index (χ3n) is 4.42. The zero-order chi connectivity index (χ0) is 17.9. The lowest BCUT2D eigenvalue weighted by Crippen LogP contribution is -2.26. The smallest absolute Gasteiger partial charge is 0.260 e. The highest BCUT2D eigenvalue weighted by atomic mass is 35.5. The first-order valence-corrected chi connectivity index (χ1v) is 9.67. The van der Waals surface area contributed by atoms with Crippen molar-refractivity contribution in [1.82, 2.24) is 20.1 Å². The third-order valence-corrected chi connectivity index (χ3v) is 5.75. The van der Waals surface area contributed by atoms with Gasteiger partial charge in [-0.25, -0.2) is 9.67 Å². The molecule has 3 aromatic rings. The Balaban J connectivity index is 1.44. The maximum Gasteiger partial charge on any atom is 0.260 e. The largest absolute Gasteiger partial charge is 0.317 e. The Labute approximate surface area is 160 Å². The number of thiazole rings is 1. The minimum absolute atomic E-state index is 0.212. The lowest BCUT2D eigenvalue weighted by molar-refractivity contribution is 0.102. The van der Waals surface area contributed by atoms with E-state index < -0.39 is 0 Å². The van der Waals surface area contributed by atoms with Gasteiger partial charge in [-0.05, 0) is 56.1 Å². The van der Waals surface area contributed by atoms with E-state index in [-0.39, 0.29) is 5.91 Å². The number of nitrogens with zero attached hydrogens (tertiary/aromatic N) is 3. The molecule has 1 aromatic carbocycles. The van der Waals surface area contributed by atoms with Crippen molar-refractivity contribution in [1.29, 1.82) is 0 Å². The molecule has 1 aliphatic heterocycles. The number of carbonyl (C=O) groups is 1. The fraction of sp³-hybridized carbons (Fsp3) is 0.278. The van der Waals surface area contributed by atoms with Gasteiger partial charge < -0.3 is 5.32 Å². The first-order valence-electron chi connectivity index (χ1n) is 8.47. The molecule has 0 saturated carbocycles. The molecule has 26 heavy (non-hydrogen) atoms. The van der Waals surface area contributed by atoms with Gasteiger partial charge in [0, 0.05) is 22.3 Å². The summed E-state index contributed by atoms with van der Waals surface area (Å²) in [6.07, 6.45) is 7.35. The van der Waals surface area contributed by atoms with Gasteiger partial charge in [-0.1, -0.05) is 11.6 Å². The summed E-state index contributed by atoms with van der Waals surface area (Å²) < 4.78 is 1.65. The molecule has 2 N–H and O–H groups in total. The maximum atomic E-state index is 12.5. The molecule has 2 aromatic heterocycles. The summed E-state index contributed by atoms with van der Waals surface area (Å²) in [4.78, 5) is 18.1. The van der Waals surface area contributed by atoms with E-state index in [0.29, 0.717) is 21.6 Å². The van der Waals surface area contributed by atoms with Crippen molar-refractivity contribution in [2.75, 3.05) is 18.4 Å². The van der Waals surface area contributed by atoms with Crippen LogP contribution in [0.2, 0.25) is 5.02 Å². The molecule has 4 rings (SSSR count). The monoisotopic (exact) mass is 387 g/mol. The number of hydrogen-bond donors (Lipinski definition) is 2. The molecule has 1 saturated heterocycles. The average Bonchev–Trinajstić information content (AvgIpc) is 3.33. The second-order valence-corrected chi connectivity index (χ2v) is 7.69. The molecule has 0 aliphatic carbocycles. The van der Waals surface area contributed by atoms with Crippen LogP contribution in [-0.2, 0) is 0 Å². The van der Waals surface area contributed by atoms with Gasteiger partial charge in [0.15, 0.2) is 5.13 Å². The Morgan fingerprint density at radius 3 is 2.77 bits per heavy atom. The lowest BCUT2D eigenvalue weighted by atomic mass is 9.97. The van der Waals surface area contributed by atoms with E-state index in [1.807, 2.05) is 18.3 Å². The maximum absolute atomic E-state index is 12.5. The van der Waals surface area contributed by atoms with E-state index in [1.165, 1.54) is 4.88 Å². The summed E-state index contributed by atoms with van der Waals surface area (Å²) >= 11 is 7.45. The summed E-state index contributed by atoms with van der Waals surface area (Å²) in [5, 5.41) is 11.8. The van der Waals surface area contributed by atoms with E-state index in [9.17, 15) is 4.79 Å². The molecular weight excluding hydrogens is 370 g/mol. The molecule has 134 valence electrons. The molecule has 8 heteroatoms. The van der Waals surface area contributed by atoms with Crippen molar-refractivity contribution in [3.05, 3.63) is 58.3 Å². The van der Waals surface area contributed by atoms with Gasteiger partial charge in [0.05, 0.1) is 17.4 Å². The van der Waals surface area contributed by atoms with E-state index in [1.54, 1.807) is 40.5 Å². The zero-order valence-electron chi connectivity index (χ0n) is 14.0. The topological polar surface area (TPSA) is 71.8 Å². The van der Waals surface area contributed by atoms with E-state index in [2.05, 4.69) is 20.7 Å². The van der Waals surface area contributed by atoms with Crippen LogP contribution in [0.4, 0.5) is 5.13 Å². The molecule has 0 unspecified atom stereocenters. The third kappa shape index (κ3) is 3.80. The van der Waals surface area contributed by atoms with E-state index >= 15 is 0 Å². The predicted octanol–water partition coefficient (Wildman–Crippen LogP) is 3.70. The second-order valence-electron chi connectivity index (χ2n) is 6.20. The summed E-state index contributed by atoms with van der Waals surface area (Å²) in [6.45, 7) is 2.07. The van der Waals surface area contributed by atoms with Crippen LogP contribution in [-0.4, -0.2) is 33.8 Å². The Morgan fingerprint density at radius 1 is 1.23 bits per heavy atom. The van der Waals surface area contributed by atoms with Crippen LogP contribution in [0, 0.1) is 0 Å². The number of aromatic nitrogens is 3. The second kappa shape index (κ2) is 7.57. The van der Waals surface area contributed by atoms with Crippen LogP contribution >= 0.6 is 22.9 Å². The SMILES string of the molecule is O=C(Nc1ncc(C2CCNCC2)s1)c1cnn(-c2ccc(Cl)cc2)c1. The van der Waals surface area contributed by atoms with Crippen LogP contribution in [0.3, 0.4) is 0 Å². The summed E-state index contributed by atoms with van der Waals surface area (Å²) in [6, 6.07) is 7.28. The number of nitrogens with one attached hydrogen (secondary N) is 2. The van der Waals surface area contributed by atoms with Crippen LogP contribution in [0.1, 0.15) is 34.0 Å². The van der Waals surface area contributed by atoms with Gasteiger partial charge in [0.25, 0.3) is 5.91 Å². The molecule has 0 atom stereocenters. The van der Waals surface area contributed by atoms with Crippen molar-refractivity contribution in [3.8, 4) is 5.69 Å². The van der Waals surface area contributed by atoms with Crippen molar-refractivity contribution in [2.24, 2.45) is 0 Å². The molecule has 3 heterocycles. The van der Waals surface area contributed by atoms with E-state index in [0.717, 1.165) is 31.6 Å². The van der Waals surface area contributed by atoms with Crippen LogP contribution in [0.25, 0.3) is 5.69 Å². The highest BCUT2D eigenvalue weighted by molar-refractivity contribution is 7.15. The van der Waals surface area contributed by atoms with Gasteiger partial charge in [0.2, 0.25) is 0 Å². The number of anilines is 1. The number of hydrogen-bond acceptors (Lipinski definition) is 5. The molecule has 6 nitrogen and oxygen atoms in total. The number of halogens is 1. The van der Waals surface area contributed by atoms with E-state index in [4.69, 9.17) is 11.6 Å². The van der Waals surface area contributed by atoms with Gasteiger partial charge in [-0.3, -0.25) is 10.1 Å². The Hall–Kier alpha value is -2.22. The average molecular weight is 388 g/mol. The fourth-order valence-corrected chi connectivity index (χ4v) is 4.09. The Morgan fingerprint density at radius 2 is 2.00 bits per heavy atom. The van der Waals surface area contributed by atoms with Crippen molar-refractivity contribution in [2.45, 2.75) is 18.8 Å². The first-order chi connectivity index (χ1) is 12.7. The molecule has 0 spiro atoms. The number of rotatable bonds is 4.